The number of hydrogen-bond donors (Lipinski definition) is 1. The Morgan fingerprint density at radius 1 is 1.18 bits per heavy atom. The molecule has 3 nitrogen and oxygen atoms in total. The van der Waals surface area contributed by atoms with E-state index in [0.717, 1.165) is 6.42 Å². The lowest BCUT2D eigenvalue weighted by molar-refractivity contribution is -0.160. The van der Waals surface area contributed by atoms with E-state index in [1.165, 1.54) is 0 Å². The molecule has 1 N–H and O–H groups in total. The van der Waals surface area contributed by atoms with Crippen LogP contribution in [0.3, 0.4) is 0 Å². The summed E-state index contributed by atoms with van der Waals surface area (Å²) in [6.07, 6.45) is 0.758. The molecule has 4 heteroatoms. The first-order chi connectivity index (χ1) is 7.44. The summed E-state index contributed by atoms with van der Waals surface area (Å²) in [6, 6.07) is 0. The van der Waals surface area contributed by atoms with Gasteiger partial charge in [-0.15, -0.1) is 0 Å². The molecular formula is C13H27BO3. The van der Waals surface area contributed by atoms with E-state index in [9.17, 15) is 4.79 Å². The predicted octanol–water partition coefficient (Wildman–Crippen LogP) is 1.80. The molecule has 1 unspecified atom stereocenters. The van der Waals surface area contributed by atoms with Crippen LogP contribution in [0.25, 0.3) is 0 Å². The summed E-state index contributed by atoms with van der Waals surface area (Å²) in [6.45, 7) is 12.4. The molecule has 0 saturated heterocycles. The van der Waals surface area contributed by atoms with Crippen molar-refractivity contribution in [1.29, 1.82) is 0 Å². The highest BCUT2D eigenvalue weighted by atomic mass is 16.5. The fraction of sp³-hybridized carbons (Fsp3) is 0.923. The predicted molar refractivity (Wildman–Crippen MR) is 72.8 cm³/mol. The lowest BCUT2D eigenvalue weighted by atomic mass is 9.51. The van der Waals surface area contributed by atoms with Gasteiger partial charge in [-0.05, 0) is 24.1 Å². The number of carbonyl (C=O) groups excluding carboxylic acids is 1. The number of rotatable bonds is 5. The minimum atomic E-state index is -0.541. The van der Waals surface area contributed by atoms with Crippen LogP contribution in [0.15, 0.2) is 0 Å². The summed E-state index contributed by atoms with van der Waals surface area (Å²) >= 11 is 0. The van der Waals surface area contributed by atoms with Crippen LogP contribution >= 0.6 is 0 Å². The summed E-state index contributed by atoms with van der Waals surface area (Å²) in [7, 11) is 2.05. The second-order valence-corrected chi connectivity index (χ2v) is 7.18. The zero-order chi connectivity index (χ0) is 13.9. The van der Waals surface area contributed by atoms with E-state index >= 15 is 0 Å². The number of carbonyl (C=O) groups is 1. The fourth-order valence-corrected chi connectivity index (χ4v) is 2.00. The van der Waals surface area contributed by atoms with E-state index < -0.39 is 5.41 Å². The molecule has 100 valence electrons. The van der Waals surface area contributed by atoms with Crippen molar-refractivity contribution in [2.45, 2.75) is 53.3 Å². The Labute approximate surface area is 106 Å². The Kier molecular flexibility index (Phi) is 5.26. The summed E-state index contributed by atoms with van der Waals surface area (Å²) in [5.41, 5.74) is -0.485. The lowest BCUT2D eigenvalue weighted by Crippen LogP contribution is -2.42. The molecule has 17 heavy (non-hydrogen) atoms. The molecule has 0 aliphatic heterocycles. The second-order valence-electron chi connectivity index (χ2n) is 7.18. The van der Waals surface area contributed by atoms with Crippen LogP contribution < -0.4 is 0 Å². The van der Waals surface area contributed by atoms with Gasteiger partial charge in [0.05, 0.1) is 12.0 Å². The molecule has 0 fully saturated rings. The first-order valence-corrected chi connectivity index (χ1v) is 6.22. The zero-order valence-corrected chi connectivity index (χ0v) is 12.4. The molecule has 0 aliphatic carbocycles. The van der Waals surface area contributed by atoms with E-state index in [-0.39, 0.29) is 29.9 Å². The van der Waals surface area contributed by atoms with Gasteiger partial charge in [0, 0.05) is 0 Å². The molecule has 0 heterocycles. The standard InChI is InChI=1S/C13H27BO3/c1-11(2,3)9-13(6,12(4,5)14)10(16)17-8-7-15/h15H,7-9,14H2,1-6H3. The topological polar surface area (TPSA) is 46.5 Å². The van der Waals surface area contributed by atoms with Gasteiger partial charge >= 0.3 is 5.97 Å². The van der Waals surface area contributed by atoms with Crippen molar-refractivity contribution >= 4 is 13.8 Å². The molecular weight excluding hydrogens is 215 g/mol. The van der Waals surface area contributed by atoms with Crippen molar-refractivity contribution in [2.24, 2.45) is 10.8 Å². The minimum Gasteiger partial charge on any atom is -0.463 e. The number of aliphatic hydroxyl groups is 1. The van der Waals surface area contributed by atoms with E-state index in [2.05, 4.69) is 42.5 Å². The Hall–Kier alpha value is -0.505. The molecule has 0 aromatic heterocycles. The van der Waals surface area contributed by atoms with Gasteiger partial charge in [0.25, 0.3) is 0 Å². The molecule has 0 saturated carbocycles. The minimum absolute atomic E-state index is 0.0558. The number of esters is 1. The molecule has 0 rings (SSSR count). The maximum absolute atomic E-state index is 12.2. The van der Waals surface area contributed by atoms with Gasteiger partial charge in [-0.3, -0.25) is 4.79 Å². The average Bonchev–Trinajstić information content (AvgIpc) is 2.09. The summed E-state index contributed by atoms with van der Waals surface area (Å²) in [4.78, 5) is 12.2. The van der Waals surface area contributed by atoms with Gasteiger partial charge in [-0.2, -0.15) is 0 Å². The number of hydrogen-bond acceptors (Lipinski definition) is 3. The van der Waals surface area contributed by atoms with Crippen molar-refractivity contribution < 1.29 is 14.6 Å². The maximum Gasteiger partial charge on any atom is 0.311 e. The van der Waals surface area contributed by atoms with E-state index in [0.29, 0.717) is 0 Å². The Balaban J connectivity index is 5.05. The molecule has 0 radical (unpaired) electrons. The van der Waals surface area contributed by atoms with Crippen LogP contribution in [0.1, 0.15) is 48.0 Å². The summed E-state index contributed by atoms with van der Waals surface area (Å²) in [5, 5.41) is 8.57. The highest BCUT2D eigenvalue weighted by Gasteiger charge is 2.47. The van der Waals surface area contributed by atoms with Crippen molar-refractivity contribution in [3.05, 3.63) is 0 Å². The smallest absolute Gasteiger partial charge is 0.311 e. The SMILES string of the molecule is BC(C)(C)C(C)(CC(C)(C)C)C(=O)OCCO. The maximum atomic E-state index is 12.2. The molecule has 0 amide bonds. The second kappa shape index (κ2) is 5.43. The average molecular weight is 242 g/mol. The van der Waals surface area contributed by atoms with Gasteiger partial charge in [-0.25, -0.2) is 0 Å². The lowest BCUT2D eigenvalue weighted by Gasteiger charge is -2.43. The van der Waals surface area contributed by atoms with Crippen molar-refractivity contribution in [1.82, 2.24) is 0 Å². The van der Waals surface area contributed by atoms with Gasteiger partial charge in [0.1, 0.15) is 14.5 Å². The molecule has 0 aromatic rings. The van der Waals surface area contributed by atoms with Crippen LogP contribution in [0.2, 0.25) is 5.31 Å². The van der Waals surface area contributed by atoms with Gasteiger partial charge in [0.2, 0.25) is 0 Å². The van der Waals surface area contributed by atoms with Gasteiger partial charge < -0.3 is 9.84 Å². The van der Waals surface area contributed by atoms with Crippen LogP contribution in [0.4, 0.5) is 0 Å². The normalized spacial score (nSPS) is 16.4. The Bertz CT molecular complexity index is 263. The first-order valence-electron chi connectivity index (χ1n) is 6.22. The molecule has 0 aromatic carbocycles. The van der Waals surface area contributed by atoms with Gasteiger partial charge in [-0.1, -0.05) is 34.6 Å². The third-order valence-electron chi connectivity index (χ3n) is 3.31. The van der Waals surface area contributed by atoms with Crippen LogP contribution in [-0.2, 0) is 9.53 Å². The molecule has 1 atom stereocenters. The quantitative estimate of drug-likeness (QED) is 0.590. The Morgan fingerprint density at radius 2 is 1.65 bits per heavy atom. The highest BCUT2D eigenvalue weighted by Crippen LogP contribution is 2.50. The van der Waals surface area contributed by atoms with Crippen molar-refractivity contribution in [2.75, 3.05) is 13.2 Å². The zero-order valence-electron chi connectivity index (χ0n) is 12.4. The van der Waals surface area contributed by atoms with Crippen molar-refractivity contribution in [3.63, 3.8) is 0 Å². The third kappa shape index (κ3) is 4.70. The fourth-order valence-electron chi connectivity index (χ4n) is 2.00. The summed E-state index contributed by atoms with van der Waals surface area (Å²) < 4.78 is 5.14. The van der Waals surface area contributed by atoms with Crippen LogP contribution in [0, 0.1) is 10.8 Å². The largest absolute Gasteiger partial charge is 0.463 e. The van der Waals surface area contributed by atoms with Gasteiger partial charge in [0.15, 0.2) is 0 Å². The van der Waals surface area contributed by atoms with Crippen LogP contribution in [0.5, 0.6) is 0 Å². The Morgan fingerprint density at radius 3 is 1.94 bits per heavy atom. The number of ether oxygens (including phenoxy) is 1. The van der Waals surface area contributed by atoms with Crippen molar-refractivity contribution in [3.8, 4) is 0 Å². The molecule has 0 bridgehead atoms. The van der Waals surface area contributed by atoms with Crippen LogP contribution in [-0.4, -0.2) is 32.1 Å². The molecule has 0 aliphatic rings. The first kappa shape index (κ1) is 16.5. The third-order valence-corrected chi connectivity index (χ3v) is 3.31. The molecule has 0 spiro atoms. The van der Waals surface area contributed by atoms with E-state index in [1.807, 2.05) is 6.92 Å². The number of aliphatic hydroxyl groups excluding tert-OH is 1. The highest BCUT2D eigenvalue weighted by molar-refractivity contribution is 6.17. The monoisotopic (exact) mass is 242 g/mol. The van der Waals surface area contributed by atoms with E-state index in [1.54, 1.807) is 0 Å². The van der Waals surface area contributed by atoms with E-state index in [4.69, 9.17) is 9.84 Å². The summed E-state index contributed by atoms with van der Waals surface area (Å²) in [5.74, 6) is -0.214.